The summed E-state index contributed by atoms with van der Waals surface area (Å²) in [5.41, 5.74) is 2.02. The molecule has 126 valence electrons. The van der Waals surface area contributed by atoms with E-state index in [9.17, 15) is 4.79 Å². The lowest BCUT2D eigenvalue weighted by atomic mass is 10.2. The smallest absolute Gasteiger partial charge is 0.225 e. The van der Waals surface area contributed by atoms with Gasteiger partial charge in [-0.3, -0.25) is 4.79 Å². The second-order valence-corrected chi connectivity index (χ2v) is 6.66. The third-order valence-electron chi connectivity index (χ3n) is 4.71. The van der Waals surface area contributed by atoms with Crippen molar-refractivity contribution < 1.29 is 4.79 Å². The summed E-state index contributed by atoms with van der Waals surface area (Å²) in [7, 11) is 0. The molecule has 7 nitrogen and oxygen atoms in total. The van der Waals surface area contributed by atoms with Crippen molar-refractivity contribution in [1.82, 2.24) is 24.6 Å². The van der Waals surface area contributed by atoms with Gasteiger partial charge < -0.3 is 9.80 Å². The molecular weight excluding hydrogens is 304 g/mol. The largest absolute Gasteiger partial charge is 0.353 e. The van der Waals surface area contributed by atoms with Crippen molar-refractivity contribution >= 4 is 11.7 Å². The first-order valence-electron chi connectivity index (χ1n) is 8.51. The Kier molecular flexibility index (Phi) is 3.70. The summed E-state index contributed by atoms with van der Waals surface area (Å²) < 4.78 is 1.84. The Balaban J connectivity index is 1.48. The molecule has 0 spiro atoms. The van der Waals surface area contributed by atoms with Crippen LogP contribution in [-0.2, 0) is 4.79 Å². The van der Waals surface area contributed by atoms with Crippen molar-refractivity contribution in [1.29, 1.82) is 0 Å². The van der Waals surface area contributed by atoms with Gasteiger partial charge >= 0.3 is 0 Å². The van der Waals surface area contributed by atoms with Crippen molar-refractivity contribution in [3.8, 4) is 5.82 Å². The highest BCUT2D eigenvalue weighted by molar-refractivity contribution is 5.81. The summed E-state index contributed by atoms with van der Waals surface area (Å²) in [6, 6.07) is 4.00. The van der Waals surface area contributed by atoms with Gasteiger partial charge in [0.1, 0.15) is 12.1 Å². The number of carbonyl (C=O) groups excluding carboxylic acids is 1. The highest BCUT2D eigenvalue weighted by Crippen LogP contribution is 2.31. The van der Waals surface area contributed by atoms with Crippen molar-refractivity contribution in [2.75, 3.05) is 31.1 Å². The molecule has 2 fully saturated rings. The van der Waals surface area contributed by atoms with Crippen molar-refractivity contribution in [3.05, 3.63) is 29.8 Å². The van der Waals surface area contributed by atoms with Crippen LogP contribution in [0.15, 0.2) is 18.5 Å². The maximum absolute atomic E-state index is 12.2. The summed E-state index contributed by atoms with van der Waals surface area (Å²) in [4.78, 5) is 25.1. The van der Waals surface area contributed by atoms with Gasteiger partial charge in [-0.2, -0.15) is 5.10 Å². The van der Waals surface area contributed by atoms with Crippen molar-refractivity contribution in [2.45, 2.75) is 26.7 Å². The molecule has 0 radical (unpaired) electrons. The third-order valence-corrected chi connectivity index (χ3v) is 4.71. The molecule has 0 aromatic carbocycles. The molecule has 1 saturated heterocycles. The predicted octanol–water partition coefficient (Wildman–Crippen LogP) is 1.34. The Morgan fingerprint density at radius 2 is 1.75 bits per heavy atom. The van der Waals surface area contributed by atoms with Crippen LogP contribution in [0.1, 0.15) is 24.2 Å². The maximum atomic E-state index is 12.2. The van der Waals surface area contributed by atoms with Crippen LogP contribution < -0.4 is 4.90 Å². The lowest BCUT2D eigenvalue weighted by Gasteiger charge is -2.35. The number of amides is 1. The highest BCUT2D eigenvalue weighted by Gasteiger charge is 2.34. The van der Waals surface area contributed by atoms with Gasteiger partial charge in [0.05, 0.1) is 5.69 Å². The van der Waals surface area contributed by atoms with E-state index in [1.54, 1.807) is 6.33 Å². The number of aryl methyl sites for hydroxylation is 2. The van der Waals surface area contributed by atoms with Gasteiger partial charge in [-0.15, -0.1) is 0 Å². The second kappa shape index (κ2) is 5.89. The predicted molar refractivity (Wildman–Crippen MR) is 90.1 cm³/mol. The number of hydrogen-bond acceptors (Lipinski definition) is 5. The summed E-state index contributed by atoms with van der Waals surface area (Å²) in [6.07, 6.45) is 3.72. The van der Waals surface area contributed by atoms with Crippen molar-refractivity contribution in [3.63, 3.8) is 0 Å². The Morgan fingerprint density at radius 1 is 1.04 bits per heavy atom. The minimum absolute atomic E-state index is 0.299. The van der Waals surface area contributed by atoms with E-state index in [1.165, 1.54) is 0 Å². The first kappa shape index (κ1) is 15.1. The number of anilines is 1. The fourth-order valence-electron chi connectivity index (χ4n) is 3.23. The summed E-state index contributed by atoms with van der Waals surface area (Å²) in [5, 5.41) is 4.48. The molecule has 1 aliphatic heterocycles. The fourth-order valence-corrected chi connectivity index (χ4v) is 3.23. The van der Waals surface area contributed by atoms with Crippen LogP contribution in [0.25, 0.3) is 5.82 Å². The van der Waals surface area contributed by atoms with E-state index in [0.717, 1.165) is 62.0 Å². The third kappa shape index (κ3) is 2.86. The fraction of sp³-hybridized carbons (Fsp3) is 0.529. The maximum Gasteiger partial charge on any atom is 0.225 e. The SMILES string of the molecule is Cc1cc(C)n(-c2cc(N3CCN(C(=O)C4CC4)CC3)ncn2)n1. The molecule has 1 amide bonds. The molecule has 0 bridgehead atoms. The lowest BCUT2D eigenvalue weighted by molar-refractivity contribution is -0.132. The zero-order valence-electron chi connectivity index (χ0n) is 14.1. The second-order valence-electron chi connectivity index (χ2n) is 6.66. The Labute approximate surface area is 141 Å². The van der Waals surface area contributed by atoms with E-state index in [0.29, 0.717) is 11.8 Å². The average Bonchev–Trinajstić information content (AvgIpc) is 3.39. The van der Waals surface area contributed by atoms with Crippen LogP contribution in [0.2, 0.25) is 0 Å². The highest BCUT2D eigenvalue weighted by atomic mass is 16.2. The first-order chi connectivity index (χ1) is 11.6. The van der Waals surface area contributed by atoms with Crippen LogP contribution in [0.4, 0.5) is 5.82 Å². The molecule has 7 heteroatoms. The quantitative estimate of drug-likeness (QED) is 0.851. The van der Waals surface area contributed by atoms with Gasteiger partial charge in [0, 0.05) is 43.9 Å². The van der Waals surface area contributed by atoms with E-state index in [-0.39, 0.29) is 0 Å². The van der Waals surface area contributed by atoms with Gasteiger partial charge in [-0.05, 0) is 32.8 Å². The molecule has 24 heavy (non-hydrogen) atoms. The number of piperazine rings is 1. The molecule has 1 aliphatic carbocycles. The molecule has 0 unspecified atom stereocenters. The summed E-state index contributed by atoms with van der Waals surface area (Å²) in [5.74, 6) is 2.31. The molecule has 2 aromatic heterocycles. The Morgan fingerprint density at radius 3 is 2.38 bits per heavy atom. The molecule has 3 heterocycles. The van der Waals surface area contributed by atoms with E-state index in [2.05, 4.69) is 20.0 Å². The number of nitrogens with zero attached hydrogens (tertiary/aromatic N) is 6. The molecule has 2 aliphatic rings. The topological polar surface area (TPSA) is 67.2 Å². The first-order valence-corrected chi connectivity index (χ1v) is 8.51. The summed E-state index contributed by atoms with van der Waals surface area (Å²) in [6.45, 7) is 7.16. The zero-order chi connectivity index (χ0) is 16.7. The van der Waals surface area contributed by atoms with Crippen LogP contribution in [0.3, 0.4) is 0 Å². The minimum Gasteiger partial charge on any atom is -0.353 e. The van der Waals surface area contributed by atoms with Crippen LogP contribution >= 0.6 is 0 Å². The summed E-state index contributed by atoms with van der Waals surface area (Å²) >= 11 is 0. The Bertz CT molecular complexity index is 758. The normalized spacial score (nSPS) is 18.1. The van der Waals surface area contributed by atoms with Crippen LogP contribution in [-0.4, -0.2) is 56.7 Å². The standard InChI is InChI=1S/C17H22N6O/c1-12-9-13(2)23(20-12)16-10-15(18-11-19-16)21-5-7-22(8-6-21)17(24)14-3-4-14/h9-11,14H,3-8H2,1-2H3. The lowest BCUT2D eigenvalue weighted by Crippen LogP contribution is -2.49. The average molecular weight is 326 g/mol. The van der Waals surface area contributed by atoms with Gasteiger partial charge in [-0.1, -0.05) is 0 Å². The molecule has 2 aromatic rings. The van der Waals surface area contributed by atoms with Crippen LogP contribution in [0.5, 0.6) is 0 Å². The van der Waals surface area contributed by atoms with Crippen molar-refractivity contribution in [2.24, 2.45) is 5.92 Å². The van der Waals surface area contributed by atoms with E-state index < -0.39 is 0 Å². The molecule has 0 N–H and O–H groups in total. The minimum atomic E-state index is 0.299. The number of carbonyl (C=O) groups is 1. The van der Waals surface area contributed by atoms with Gasteiger partial charge in [-0.25, -0.2) is 14.6 Å². The molecular formula is C17H22N6O. The van der Waals surface area contributed by atoms with E-state index in [1.807, 2.05) is 35.6 Å². The molecule has 1 saturated carbocycles. The van der Waals surface area contributed by atoms with Gasteiger partial charge in [0.25, 0.3) is 0 Å². The van der Waals surface area contributed by atoms with E-state index in [4.69, 9.17) is 0 Å². The number of aromatic nitrogens is 4. The monoisotopic (exact) mass is 326 g/mol. The van der Waals surface area contributed by atoms with Gasteiger partial charge in [0.2, 0.25) is 5.91 Å². The molecule has 0 atom stereocenters. The number of rotatable bonds is 3. The van der Waals surface area contributed by atoms with Crippen LogP contribution in [0, 0.1) is 19.8 Å². The molecule has 4 rings (SSSR count). The van der Waals surface area contributed by atoms with Gasteiger partial charge in [0.15, 0.2) is 5.82 Å². The number of hydrogen-bond donors (Lipinski definition) is 0. The van der Waals surface area contributed by atoms with E-state index >= 15 is 0 Å². The zero-order valence-corrected chi connectivity index (χ0v) is 14.1. The Hall–Kier alpha value is -2.44.